The number of benzene rings is 2. The molecule has 1 amide bonds. The maximum absolute atomic E-state index is 12.6. The van der Waals surface area contributed by atoms with E-state index < -0.39 is 28.9 Å². The van der Waals surface area contributed by atoms with Gasteiger partial charge in [-0.25, -0.2) is 0 Å². The van der Waals surface area contributed by atoms with Gasteiger partial charge in [-0.15, -0.1) is 0 Å². The number of nitrogens with zero attached hydrogens (tertiary/aromatic N) is 1. The van der Waals surface area contributed by atoms with E-state index >= 15 is 0 Å². The molecule has 0 saturated carbocycles. The monoisotopic (exact) mass is 496 g/mol. The third kappa shape index (κ3) is 5.37. The molecule has 2 aromatic carbocycles. The number of furan rings is 1. The molecular weight excluding hydrogens is 482 g/mol. The molecule has 0 atom stereocenters. The number of nitro benzene ring substituents is 1. The number of alkyl halides is 2. The summed E-state index contributed by atoms with van der Waals surface area (Å²) in [7, 11) is 1.16. The third-order valence-corrected chi connectivity index (χ3v) is 4.68. The Balaban J connectivity index is 1.78. The number of methoxy groups -OCH3 is 1. The SMILES string of the molecule is COc1cc(C(=O)NCc2ccc(-c3ccc(Br)cc3)o2)c([N+](=O)[O-])cc1OC(F)F. The third-order valence-electron chi connectivity index (χ3n) is 4.15. The fourth-order valence-electron chi connectivity index (χ4n) is 2.73. The summed E-state index contributed by atoms with van der Waals surface area (Å²) >= 11 is 3.35. The van der Waals surface area contributed by atoms with Gasteiger partial charge in [0, 0.05) is 16.1 Å². The molecule has 0 aliphatic carbocycles. The minimum Gasteiger partial charge on any atom is -0.493 e. The molecule has 1 aromatic heterocycles. The van der Waals surface area contributed by atoms with Crippen LogP contribution in [0.25, 0.3) is 11.3 Å². The Morgan fingerprint density at radius 1 is 1.19 bits per heavy atom. The first-order valence-corrected chi connectivity index (χ1v) is 9.52. The van der Waals surface area contributed by atoms with Crippen LogP contribution in [0.5, 0.6) is 11.5 Å². The standard InChI is InChI=1S/C20H15BrF2N2O6/c1-29-17-8-14(15(25(27)28)9-18(17)31-20(22)23)19(26)24-10-13-6-7-16(30-13)11-2-4-12(21)5-3-11/h2-9,20H,10H2,1H3,(H,24,26). The largest absolute Gasteiger partial charge is 0.493 e. The molecule has 3 rings (SSSR count). The summed E-state index contributed by atoms with van der Waals surface area (Å²) in [5.41, 5.74) is -0.247. The van der Waals surface area contributed by atoms with E-state index in [4.69, 9.17) is 9.15 Å². The van der Waals surface area contributed by atoms with E-state index in [1.165, 1.54) is 0 Å². The van der Waals surface area contributed by atoms with Crippen molar-refractivity contribution in [3.63, 3.8) is 0 Å². The lowest BCUT2D eigenvalue weighted by atomic mass is 10.1. The average Bonchev–Trinajstić information content (AvgIpc) is 3.20. The number of nitrogens with one attached hydrogen (secondary N) is 1. The number of carbonyl (C=O) groups excluding carboxylic acids is 1. The summed E-state index contributed by atoms with van der Waals surface area (Å²) in [6.45, 7) is -3.27. The van der Waals surface area contributed by atoms with Crippen molar-refractivity contribution in [2.75, 3.05) is 7.11 Å². The Kier molecular flexibility index (Phi) is 6.85. The second-order valence-corrected chi connectivity index (χ2v) is 7.03. The molecule has 0 spiro atoms. The van der Waals surface area contributed by atoms with Gasteiger partial charge in [-0.05, 0) is 24.3 Å². The molecule has 0 bridgehead atoms. The zero-order chi connectivity index (χ0) is 22.5. The summed E-state index contributed by atoms with van der Waals surface area (Å²) in [5.74, 6) is -0.607. The minimum absolute atomic E-state index is 0.0515. The van der Waals surface area contributed by atoms with Gasteiger partial charge >= 0.3 is 6.61 Å². The summed E-state index contributed by atoms with van der Waals surface area (Å²) in [4.78, 5) is 23.0. The van der Waals surface area contributed by atoms with Gasteiger partial charge in [0.05, 0.1) is 24.6 Å². The van der Waals surface area contributed by atoms with Crippen LogP contribution in [0.4, 0.5) is 14.5 Å². The van der Waals surface area contributed by atoms with Crippen LogP contribution < -0.4 is 14.8 Å². The number of hydrogen-bond acceptors (Lipinski definition) is 6. The molecule has 0 unspecified atom stereocenters. The van der Waals surface area contributed by atoms with Gasteiger partial charge in [0.25, 0.3) is 11.6 Å². The van der Waals surface area contributed by atoms with Crippen molar-refractivity contribution >= 4 is 27.5 Å². The molecule has 1 N–H and O–H groups in total. The molecule has 0 radical (unpaired) electrons. The quantitative estimate of drug-likeness (QED) is 0.341. The Hall–Kier alpha value is -3.47. The van der Waals surface area contributed by atoms with E-state index in [0.717, 1.165) is 29.3 Å². The van der Waals surface area contributed by atoms with E-state index in [0.29, 0.717) is 11.5 Å². The van der Waals surface area contributed by atoms with Crippen LogP contribution in [0.1, 0.15) is 16.1 Å². The van der Waals surface area contributed by atoms with E-state index in [9.17, 15) is 23.7 Å². The van der Waals surface area contributed by atoms with Crippen molar-refractivity contribution in [3.05, 3.63) is 74.4 Å². The second-order valence-electron chi connectivity index (χ2n) is 6.11. The summed E-state index contributed by atoms with van der Waals surface area (Å²) < 4.78 is 40.8. The second kappa shape index (κ2) is 9.56. The van der Waals surface area contributed by atoms with Gasteiger partial charge in [0.1, 0.15) is 17.1 Å². The van der Waals surface area contributed by atoms with Crippen LogP contribution in [-0.2, 0) is 6.54 Å². The van der Waals surface area contributed by atoms with Gasteiger partial charge in [0.2, 0.25) is 0 Å². The van der Waals surface area contributed by atoms with E-state index in [2.05, 4.69) is 26.0 Å². The number of rotatable bonds is 8. The maximum Gasteiger partial charge on any atom is 0.387 e. The van der Waals surface area contributed by atoms with E-state index in [-0.39, 0.29) is 17.9 Å². The van der Waals surface area contributed by atoms with E-state index in [1.54, 1.807) is 12.1 Å². The Labute approximate surface area is 183 Å². The molecule has 8 nitrogen and oxygen atoms in total. The normalized spacial score (nSPS) is 10.7. The van der Waals surface area contributed by atoms with Crippen LogP contribution >= 0.6 is 15.9 Å². The lowest BCUT2D eigenvalue weighted by Crippen LogP contribution is -2.23. The molecule has 0 aliphatic heterocycles. The van der Waals surface area contributed by atoms with Crippen LogP contribution in [0, 0.1) is 10.1 Å². The molecule has 162 valence electrons. The number of halogens is 3. The summed E-state index contributed by atoms with van der Waals surface area (Å²) in [5, 5.41) is 13.8. The van der Waals surface area contributed by atoms with Crippen LogP contribution in [0.3, 0.4) is 0 Å². The lowest BCUT2D eigenvalue weighted by Gasteiger charge is -2.12. The highest BCUT2D eigenvalue weighted by Crippen LogP contribution is 2.35. The van der Waals surface area contributed by atoms with Crippen molar-refractivity contribution in [1.82, 2.24) is 5.32 Å². The van der Waals surface area contributed by atoms with Crippen molar-refractivity contribution in [1.29, 1.82) is 0 Å². The van der Waals surface area contributed by atoms with Gasteiger partial charge in [-0.2, -0.15) is 8.78 Å². The molecule has 31 heavy (non-hydrogen) atoms. The molecule has 11 heteroatoms. The number of hydrogen-bond donors (Lipinski definition) is 1. The first-order chi connectivity index (χ1) is 14.8. The first-order valence-electron chi connectivity index (χ1n) is 8.72. The molecule has 3 aromatic rings. The zero-order valence-corrected chi connectivity index (χ0v) is 17.5. The highest BCUT2D eigenvalue weighted by Gasteiger charge is 2.26. The molecule has 0 fully saturated rings. The molecule has 0 saturated heterocycles. The summed E-state index contributed by atoms with van der Waals surface area (Å²) in [6.07, 6.45) is 0. The van der Waals surface area contributed by atoms with E-state index in [1.807, 2.05) is 24.3 Å². The maximum atomic E-state index is 12.6. The van der Waals surface area contributed by atoms with Crippen molar-refractivity contribution in [2.24, 2.45) is 0 Å². The highest BCUT2D eigenvalue weighted by atomic mass is 79.9. The average molecular weight is 497 g/mol. The van der Waals surface area contributed by atoms with Gasteiger partial charge in [-0.1, -0.05) is 28.1 Å². The van der Waals surface area contributed by atoms with Crippen molar-refractivity contribution in [3.8, 4) is 22.8 Å². The minimum atomic E-state index is -3.22. The smallest absolute Gasteiger partial charge is 0.387 e. The topological polar surface area (TPSA) is 104 Å². The van der Waals surface area contributed by atoms with Gasteiger partial charge in [-0.3, -0.25) is 14.9 Å². The molecular formula is C20H15BrF2N2O6. The van der Waals surface area contributed by atoms with Gasteiger partial charge in [0.15, 0.2) is 11.5 Å². The Bertz CT molecular complexity index is 1100. The van der Waals surface area contributed by atoms with Crippen LogP contribution in [0.15, 0.2) is 57.4 Å². The van der Waals surface area contributed by atoms with Crippen molar-refractivity contribution in [2.45, 2.75) is 13.2 Å². The number of amides is 1. The predicted molar refractivity (Wildman–Crippen MR) is 109 cm³/mol. The van der Waals surface area contributed by atoms with Crippen molar-refractivity contribution < 1.29 is 32.4 Å². The fraction of sp³-hybridized carbons (Fsp3) is 0.150. The first kappa shape index (κ1) is 22.2. The molecule has 1 heterocycles. The highest BCUT2D eigenvalue weighted by molar-refractivity contribution is 9.10. The fourth-order valence-corrected chi connectivity index (χ4v) is 3.00. The summed E-state index contributed by atoms with van der Waals surface area (Å²) in [6, 6.07) is 12.5. The van der Waals surface area contributed by atoms with Crippen LogP contribution in [-0.4, -0.2) is 24.6 Å². The molecule has 0 aliphatic rings. The van der Waals surface area contributed by atoms with Gasteiger partial charge < -0.3 is 19.2 Å². The number of carbonyl (C=O) groups is 1. The number of ether oxygens (including phenoxy) is 2. The van der Waals surface area contributed by atoms with Crippen LogP contribution in [0.2, 0.25) is 0 Å². The predicted octanol–water partition coefficient (Wildman–Crippen LogP) is 5.16. The Morgan fingerprint density at radius 3 is 2.52 bits per heavy atom. The number of nitro groups is 1. The zero-order valence-electron chi connectivity index (χ0n) is 15.9. The Morgan fingerprint density at radius 2 is 1.90 bits per heavy atom. The lowest BCUT2D eigenvalue weighted by molar-refractivity contribution is -0.385.